The van der Waals surface area contributed by atoms with Crippen LogP contribution in [0.5, 0.6) is 0 Å². The monoisotopic (exact) mass is 263 g/mol. The molecule has 0 aliphatic rings. The molecule has 1 rings (SSSR count). The molecule has 0 saturated heterocycles. The average Bonchev–Trinajstić information content (AvgIpc) is 2.30. The number of carbonyl (C=O) groups is 2. The number of amides is 1. The predicted molar refractivity (Wildman–Crippen MR) is 75.4 cm³/mol. The third-order valence-electron chi connectivity index (χ3n) is 2.99. The van der Waals surface area contributed by atoms with Crippen molar-refractivity contribution in [2.45, 2.75) is 46.0 Å². The van der Waals surface area contributed by atoms with Crippen LogP contribution in [0, 0.1) is 6.92 Å². The summed E-state index contributed by atoms with van der Waals surface area (Å²) in [6.07, 6.45) is 0.625. The quantitative estimate of drug-likeness (QED) is 0.827. The Hall–Kier alpha value is -1.84. The minimum Gasteiger partial charge on any atom is -0.481 e. The first-order valence-corrected chi connectivity index (χ1v) is 6.53. The van der Waals surface area contributed by atoms with E-state index in [0.29, 0.717) is 12.3 Å². The van der Waals surface area contributed by atoms with Crippen molar-refractivity contribution >= 4 is 17.6 Å². The Morgan fingerprint density at radius 1 is 1.26 bits per heavy atom. The standard InChI is InChI=1S/C15H21NO3/c1-10(2)12-7-4-6-11(3)15(12)16-13(17)8-5-9-14(18)19/h4,6-7,10H,5,8-9H2,1-3H3,(H,16,17)(H,18,19). The van der Waals surface area contributed by atoms with Gasteiger partial charge in [-0.05, 0) is 30.4 Å². The van der Waals surface area contributed by atoms with Crippen molar-refractivity contribution in [1.29, 1.82) is 0 Å². The zero-order valence-electron chi connectivity index (χ0n) is 11.7. The van der Waals surface area contributed by atoms with Gasteiger partial charge in [0.2, 0.25) is 5.91 Å². The van der Waals surface area contributed by atoms with Gasteiger partial charge >= 0.3 is 5.97 Å². The fourth-order valence-electron chi connectivity index (χ4n) is 1.94. The molecule has 0 bridgehead atoms. The third kappa shape index (κ3) is 4.73. The molecule has 2 N–H and O–H groups in total. The number of rotatable bonds is 6. The highest BCUT2D eigenvalue weighted by Gasteiger charge is 2.12. The minimum absolute atomic E-state index is 0.0260. The first-order valence-electron chi connectivity index (χ1n) is 6.53. The second kappa shape index (κ2) is 6.92. The van der Waals surface area contributed by atoms with Gasteiger partial charge in [-0.2, -0.15) is 0 Å². The van der Waals surface area contributed by atoms with Gasteiger partial charge in [-0.3, -0.25) is 9.59 Å². The molecule has 4 nitrogen and oxygen atoms in total. The van der Waals surface area contributed by atoms with Crippen LogP contribution in [0.15, 0.2) is 18.2 Å². The molecule has 104 valence electrons. The predicted octanol–water partition coefficient (Wildman–Crippen LogP) is 3.31. The maximum absolute atomic E-state index is 11.8. The number of hydrogen-bond acceptors (Lipinski definition) is 2. The van der Waals surface area contributed by atoms with Crippen molar-refractivity contribution in [1.82, 2.24) is 0 Å². The van der Waals surface area contributed by atoms with Crippen molar-refractivity contribution in [3.8, 4) is 0 Å². The number of carboxylic acid groups (broad SMARTS) is 1. The zero-order chi connectivity index (χ0) is 14.4. The summed E-state index contributed by atoms with van der Waals surface area (Å²) in [6, 6.07) is 5.94. The molecule has 0 radical (unpaired) electrons. The van der Waals surface area contributed by atoms with E-state index in [2.05, 4.69) is 19.2 Å². The fourth-order valence-corrected chi connectivity index (χ4v) is 1.94. The normalized spacial score (nSPS) is 10.5. The maximum atomic E-state index is 11.8. The molecule has 1 amide bonds. The van der Waals surface area contributed by atoms with E-state index < -0.39 is 5.97 Å². The van der Waals surface area contributed by atoms with E-state index in [1.54, 1.807) is 0 Å². The average molecular weight is 263 g/mol. The lowest BCUT2D eigenvalue weighted by Crippen LogP contribution is -2.14. The van der Waals surface area contributed by atoms with E-state index in [0.717, 1.165) is 16.8 Å². The van der Waals surface area contributed by atoms with Gasteiger partial charge < -0.3 is 10.4 Å². The van der Waals surface area contributed by atoms with Crippen LogP contribution in [0.25, 0.3) is 0 Å². The summed E-state index contributed by atoms with van der Waals surface area (Å²) in [4.78, 5) is 22.2. The number of carboxylic acids is 1. The highest BCUT2D eigenvalue weighted by Crippen LogP contribution is 2.27. The molecule has 0 aliphatic carbocycles. The highest BCUT2D eigenvalue weighted by atomic mass is 16.4. The molecule has 0 aromatic heterocycles. The van der Waals surface area contributed by atoms with Gasteiger partial charge in [0, 0.05) is 18.5 Å². The first-order chi connectivity index (χ1) is 8.91. The van der Waals surface area contributed by atoms with E-state index in [4.69, 9.17) is 5.11 Å². The lowest BCUT2D eigenvalue weighted by molar-refractivity contribution is -0.137. The van der Waals surface area contributed by atoms with Crippen molar-refractivity contribution in [3.63, 3.8) is 0 Å². The van der Waals surface area contributed by atoms with Gasteiger partial charge in [-0.15, -0.1) is 0 Å². The molecular weight excluding hydrogens is 242 g/mol. The van der Waals surface area contributed by atoms with Gasteiger partial charge in [0.25, 0.3) is 0 Å². The summed E-state index contributed by atoms with van der Waals surface area (Å²) in [5.74, 6) is -0.668. The van der Waals surface area contributed by atoms with E-state index >= 15 is 0 Å². The summed E-state index contributed by atoms with van der Waals surface area (Å²) in [7, 11) is 0. The van der Waals surface area contributed by atoms with Crippen LogP contribution >= 0.6 is 0 Å². The van der Waals surface area contributed by atoms with E-state index in [-0.39, 0.29) is 18.7 Å². The molecule has 0 atom stereocenters. The van der Waals surface area contributed by atoms with Crippen molar-refractivity contribution in [2.75, 3.05) is 5.32 Å². The Balaban J connectivity index is 2.71. The summed E-state index contributed by atoms with van der Waals surface area (Å²) >= 11 is 0. The molecule has 0 fully saturated rings. The van der Waals surface area contributed by atoms with E-state index in [9.17, 15) is 9.59 Å². The van der Waals surface area contributed by atoms with E-state index in [1.807, 2.05) is 25.1 Å². The van der Waals surface area contributed by atoms with Crippen molar-refractivity contribution < 1.29 is 14.7 Å². The van der Waals surface area contributed by atoms with Gasteiger partial charge in [0.1, 0.15) is 0 Å². The molecule has 0 spiro atoms. The lowest BCUT2D eigenvalue weighted by atomic mass is 9.98. The largest absolute Gasteiger partial charge is 0.481 e. The molecular formula is C15H21NO3. The number of aliphatic carboxylic acids is 1. The van der Waals surface area contributed by atoms with Crippen LogP contribution in [-0.2, 0) is 9.59 Å². The second-order valence-corrected chi connectivity index (χ2v) is 4.99. The third-order valence-corrected chi connectivity index (χ3v) is 2.99. The summed E-state index contributed by atoms with van der Waals surface area (Å²) < 4.78 is 0. The Morgan fingerprint density at radius 2 is 1.95 bits per heavy atom. The maximum Gasteiger partial charge on any atom is 0.303 e. The van der Waals surface area contributed by atoms with Crippen LogP contribution in [0.3, 0.4) is 0 Å². The molecule has 1 aromatic carbocycles. The Morgan fingerprint density at radius 3 is 2.53 bits per heavy atom. The minimum atomic E-state index is -0.869. The van der Waals surface area contributed by atoms with Crippen molar-refractivity contribution in [2.24, 2.45) is 0 Å². The number of nitrogens with one attached hydrogen (secondary N) is 1. The van der Waals surface area contributed by atoms with Gasteiger partial charge in [0.15, 0.2) is 0 Å². The van der Waals surface area contributed by atoms with Crippen LogP contribution < -0.4 is 5.32 Å². The van der Waals surface area contributed by atoms with E-state index in [1.165, 1.54) is 0 Å². The first kappa shape index (κ1) is 15.2. The number of hydrogen-bond donors (Lipinski definition) is 2. The summed E-state index contributed by atoms with van der Waals surface area (Å²) in [6.45, 7) is 6.11. The Bertz CT molecular complexity index is 466. The molecule has 1 aromatic rings. The van der Waals surface area contributed by atoms with Gasteiger partial charge in [-0.25, -0.2) is 0 Å². The number of carbonyl (C=O) groups excluding carboxylic acids is 1. The highest BCUT2D eigenvalue weighted by molar-refractivity contribution is 5.92. The SMILES string of the molecule is Cc1cccc(C(C)C)c1NC(=O)CCCC(=O)O. The summed E-state index contributed by atoms with van der Waals surface area (Å²) in [5, 5.41) is 11.4. The van der Waals surface area contributed by atoms with Crippen molar-refractivity contribution in [3.05, 3.63) is 29.3 Å². The number of aryl methyl sites for hydroxylation is 1. The van der Waals surface area contributed by atoms with Crippen LogP contribution in [0.1, 0.15) is 50.2 Å². The molecule has 4 heteroatoms. The van der Waals surface area contributed by atoms with Crippen LogP contribution in [0.2, 0.25) is 0 Å². The molecule has 0 heterocycles. The topological polar surface area (TPSA) is 66.4 Å². The van der Waals surface area contributed by atoms with Crippen LogP contribution in [-0.4, -0.2) is 17.0 Å². The van der Waals surface area contributed by atoms with Gasteiger partial charge in [-0.1, -0.05) is 32.0 Å². The Labute approximate surface area is 113 Å². The van der Waals surface area contributed by atoms with Gasteiger partial charge in [0.05, 0.1) is 0 Å². The number of benzene rings is 1. The molecule has 0 saturated carbocycles. The Kier molecular flexibility index (Phi) is 5.55. The van der Waals surface area contributed by atoms with Crippen LogP contribution in [0.4, 0.5) is 5.69 Å². The molecule has 19 heavy (non-hydrogen) atoms. The number of para-hydroxylation sites is 1. The lowest BCUT2D eigenvalue weighted by Gasteiger charge is -2.16. The summed E-state index contributed by atoms with van der Waals surface area (Å²) in [5.41, 5.74) is 2.99. The zero-order valence-corrected chi connectivity index (χ0v) is 11.7. The second-order valence-electron chi connectivity index (χ2n) is 4.99. The fraction of sp³-hybridized carbons (Fsp3) is 0.467. The molecule has 0 unspecified atom stereocenters. The smallest absolute Gasteiger partial charge is 0.303 e. The molecule has 0 aliphatic heterocycles. The number of anilines is 1.